The van der Waals surface area contributed by atoms with Gasteiger partial charge in [0.2, 0.25) is 21.7 Å². The number of amides is 1. The summed E-state index contributed by atoms with van der Waals surface area (Å²) in [6.07, 6.45) is -3.89. The molecule has 40 heavy (non-hydrogen) atoms. The van der Waals surface area contributed by atoms with Crippen molar-refractivity contribution in [3.63, 3.8) is 0 Å². The molecular formula is C25H24F3N3O7S2. The second-order valence-corrected chi connectivity index (χ2v) is 12.5. The van der Waals surface area contributed by atoms with Crippen molar-refractivity contribution in [2.75, 3.05) is 26.3 Å². The van der Waals surface area contributed by atoms with Gasteiger partial charge >= 0.3 is 12.1 Å². The van der Waals surface area contributed by atoms with Gasteiger partial charge in [-0.1, -0.05) is 29.4 Å². The minimum absolute atomic E-state index is 0.0380. The first-order valence-electron chi connectivity index (χ1n) is 12.3. The lowest BCUT2D eigenvalue weighted by Crippen LogP contribution is -2.40. The number of rotatable bonds is 9. The highest BCUT2D eigenvalue weighted by atomic mass is 32.2. The quantitative estimate of drug-likeness (QED) is 0.382. The van der Waals surface area contributed by atoms with Gasteiger partial charge in [-0.2, -0.15) is 13.2 Å². The monoisotopic (exact) mass is 599 g/mol. The number of aliphatic carboxylic acids is 1. The fourth-order valence-corrected chi connectivity index (χ4v) is 7.23. The summed E-state index contributed by atoms with van der Waals surface area (Å²) >= 11 is 0.688. The van der Waals surface area contributed by atoms with Crippen LogP contribution >= 0.6 is 11.3 Å². The summed E-state index contributed by atoms with van der Waals surface area (Å²) in [6, 6.07) is 9.33. The van der Waals surface area contributed by atoms with Crippen molar-refractivity contribution in [2.24, 2.45) is 5.92 Å². The number of carboxylic acids is 1. The normalized spacial score (nSPS) is 21.4. The van der Waals surface area contributed by atoms with Gasteiger partial charge in [0.05, 0.1) is 24.0 Å². The standard InChI is InChI=1S/C25H24F3N3O7S2/c26-25(27,28)18-13-16(29-38-18)17-6-8-20(39-17)40(35,36)30-23-21(22(23)24(33)34)15-4-1-14(2-5-15)3-7-19(32)31-9-11-37-12-10-31/h1-2,4-6,8,13,21-23,30H,3,7,9-12H2,(H,33,34)/t21-,22?,23-/m0/s1. The number of carboxylic acid groups (broad SMARTS) is 1. The number of aryl methyl sites for hydroxylation is 1. The van der Waals surface area contributed by atoms with Crippen LogP contribution in [0.1, 0.15) is 29.2 Å². The largest absolute Gasteiger partial charge is 0.481 e. The van der Waals surface area contributed by atoms with E-state index in [0.29, 0.717) is 62.1 Å². The zero-order valence-corrected chi connectivity index (χ0v) is 22.4. The zero-order valence-electron chi connectivity index (χ0n) is 20.8. The van der Waals surface area contributed by atoms with E-state index in [-0.39, 0.29) is 20.7 Å². The fraction of sp³-hybridized carbons (Fsp3) is 0.400. The number of alkyl halides is 3. The Labute approximate surface area is 230 Å². The molecule has 2 N–H and O–H groups in total. The minimum atomic E-state index is -4.73. The summed E-state index contributed by atoms with van der Waals surface area (Å²) in [4.78, 5) is 26.1. The van der Waals surface area contributed by atoms with Gasteiger partial charge in [-0.15, -0.1) is 11.3 Å². The van der Waals surface area contributed by atoms with Gasteiger partial charge in [0.25, 0.3) is 0 Å². The lowest BCUT2D eigenvalue weighted by Gasteiger charge is -2.26. The SMILES string of the molecule is O=C(O)C1[C@@H](NS(=O)(=O)c2ccc(-c3cc(C(F)(F)F)on3)s2)[C@H]1c1ccc(CCC(=O)N2CCOCC2)cc1. The minimum Gasteiger partial charge on any atom is -0.481 e. The molecular weight excluding hydrogens is 575 g/mol. The molecule has 2 fully saturated rings. The molecule has 1 amide bonds. The van der Waals surface area contributed by atoms with Gasteiger partial charge in [-0.05, 0) is 29.7 Å². The number of benzene rings is 1. The number of aromatic nitrogens is 1. The van der Waals surface area contributed by atoms with Crippen LogP contribution in [0.5, 0.6) is 0 Å². The lowest BCUT2D eigenvalue weighted by atomic mass is 10.0. The van der Waals surface area contributed by atoms with Gasteiger partial charge in [-0.25, -0.2) is 13.1 Å². The maximum Gasteiger partial charge on any atom is 0.452 e. The molecule has 10 nitrogen and oxygen atoms in total. The van der Waals surface area contributed by atoms with E-state index in [1.165, 1.54) is 12.1 Å². The molecule has 1 saturated carbocycles. The average Bonchev–Trinajstić information content (AvgIpc) is 3.27. The van der Waals surface area contributed by atoms with E-state index in [1.807, 2.05) is 0 Å². The Morgan fingerprint density at radius 1 is 1.12 bits per heavy atom. The molecule has 3 aromatic rings. The molecule has 0 bridgehead atoms. The number of ether oxygens (including phenoxy) is 1. The van der Waals surface area contributed by atoms with E-state index in [1.54, 1.807) is 29.2 Å². The highest BCUT2D eigenvalue weighted by Gasteiger charge is 2.57. The average molecular weight is 600 g/mol. The Bertz CT molecular complexity index is 1500. The van der Waals surface area contributed by atoms with Crippen molar-refractivity contribution in [1.29, 1.82) is 0 Å². The second-order valence-electron chi connectivity index (χ2n) is 9.46. The van der Waals surface area contributed by atoms with Gasteiger partial charge in [-0.3, -0.25) is 9.59 Å². The van der Waals surface area contributed by atoms with Crippen LogP contribution in [0.15, 0.2) is 51.2 Å². The molecule has 214 valence electrons. The van der Waals surface area contributed by atoms with Gasteiger partial charge < -0.3 is 19.3 Å². The fourth-order valence-electron chi connectivity index (χ4n) is 4.67. The molecule has 2 aromatic heterocycles. The predicted octanol–water partition coefficient (Wildman–Crippen LogP) is 3.36. The van der Waals surface area contributed by atoms with Crippen LogP contribution in [-0.4, -0.2) is 67.8 Å². The number of morpholine rings is 1. The van der Waals surface area contributed by atoms with Crippen LogP contribution in [0.25, 0.3) is 10.6 Å². The molecule has 1 aliphatic carbocycles. The van der Waals surface area contributed by atoms with E-state index < -0.39 is 45.8 Å². The molecule has 0 spiro atoms. The number of nitrogens with one attached hydrogen (secondary N) is 1. The first-order valence-corrected chi connectivity index (χ1v) is 14.6. The third-order valence-electron chi connectivity index (χ3n) is 6.84. The van der Waals surface area contributed by atoms with Crippen molar-refractivity contribution in [3.8, 4) is 10.6 Å². The smallest absolute Gasteiger partial charge is 0.452 e. The summed E-state index contributed by atoms with van der Waals surface area (Å²) in [5.74, 6) is -4.03. The first kappa shape index (κ1) is 28.3. The number of sulfonamides is 1. The van der Waals surface area contributed by atoms with Crippen molar-refractivity contribution in [3.05, 3.63) is 59.4 Å². The van der Waals surface area contributed by atoms with Crippen molar-refractivity contribution >= 4 is 33.2 Å². The van der Waals surface area contributed by atoms with E-state index in [4.69, 9.17) is 4.74 Å². The number of carbonyl (C=O) groups is 2. The summed E-state index contributed by atoms with van der Waals surface area (Å²) in [6.45, 7) is 2.18. The predicted molar refractivity (Wildman–Crippen MR) is 135 cm³/mol. The van der Waals surface area contributed by atoms with Crippen LogP contribution < -0.4 is 4.72 Å². The molecule has 3 atom stereocenters. The van der Waals surface area contributed by atoms with Crippen molar-refractivity contribution in [2.45, 2.75) is 35.2 Å². The zero-order chi connectivity index (χ0) is 28.7. The molecule has 2 aliphatic rings. The Balaban J connectivity index is 1.23. The first-order chi connectivity index (χ1) is 18.9. The molecule has 1 saturated heterocycles. The van der Waals surface area contributed by atoms with Crippen LogP contribution in [0, 0.1) is 5.92 Å². The summed E-state index contributed by atoms with van der Waals surface area (Å²) in [7, 11) is -4.18. The number of carbonyl (C=O) groups excluding carboxylic acids is 1. The molecule has 3 heterocycles. The highest BCUT2D eigenvalue weighted by Crippen LogP contribution is 2.49. The molecule has 5 rings (SSSR count). The van der Waals surface area contributed by atoms with Crippen LogP contribution in [-0.2, 0) is 36.9 Å². The van der Waals surface area contributed by atoms with Crippen molar-refractivity contribution < 1.29 is 45.5 Å². The third kappa shape index (κ3) is 6.06. The van der Waals surface area contributed by atoms with E-state index in [9.17, 15) is 36.3 Å². The van der Waals surface area contributed by atoms with Crippen LogP contribution in [0.3, 0.4) is 0 Å². The summed E-state index contributed by atoms with van der Waals surface area (Å²) in [5.41, 5.74) is 1.36. The number of nitrogens with zero attached hydrogens (tertiary/aromatic N) is 2. The van der Waals surface area contributed by atoms with E-state index >= 15 is 0 Å². The molecule has 1 aliphatic heterocycles. The lowest BCUT2D eigenvalue weighted by molar-refractivity contribution is -0.155. The van der Waals surface area contributed by atoms with Crippen molar-refractivity contribution in [1.82, 2.24) is 14.8 Å². The van der Waals surface area contributed by atoms with E-state index in [2.05, 4.69) is 14.4 Å². The van der Waals surface area contributed by atoms with Gasteiger partial charge in [0.15, 0.2) is 0 Å². The number of halogens is 3. The van der Waals surface area contributed by atoms with Crippen LogP contribution in [0.4, 0.5) is 13.2 Å². The number of hydrogen-bond donors (Lipinski definition) is 2. The molecule has 15 heteroatoms. The summed E-state index contributed by atoms with van der Waals surface area (Å²) in [5, 5.41) is 13.0. The molecule has 1 unspecified atom stereocenters. The Morgan fingerprint density at radius 2 is 1.82 bits per heavy atom. The Hall–Kier alpha value is -3.27. The van der Waals surface area contributed by atoms with E-state index in [0.717, 1.165) is 5.56 Å². The second kappa shape index (κ2) is 11.0. The molecule has 0 radical (unpaired) electrons. The topological polar surface area (TPSA) is 139 Å². The Morgan fingerprint density at radius 3 is 2.45 bits per heavy atom. The number of thiophene rings is 1. The maximum absolute atomic E-state index is 13.0. The third-order valence-corrected chi connectivity index (χ3v) is 9.90. The van der Waals surface area contributed by atoms with Crippen LogP contribution in [0.2, 0.25) is 0 Å². The number of hydrogen-bond acceptors (Lipinski definition) is 8. The van der Waals surface area contributed by atoms with Gasteiger partial charge in [0, 0.05) is 37.5 Å². The maximum atomic E-state index is 13.0. The Kier molecular flexibility index (Phi) is 7.74. The highest BCUT2D eigenvalue weighted by molar-refractivity contribution is 7.91. The van der Waals surface area contributed by atoms with Gasteiger partial charge in [0.1, 0.15) is 9.90 Å². The summed E-state index contributed by atoms with van der Waals surface area (Å²) < 4.78 is 76.2. The molecule has 1 aromatic carbocycles.